The van der Waals surface area contributed by atoms with E-state index in [2.05, 4.69) is 35.0 Å². The first-order valence-electron chi connectivity index (χ1n) is 10.5. The van der Waals surface area contributed by atoms with E-state index in [9.17, 15) is 9.90 Å². The van der Waals surface area contributed by atoms with Crippen LogP contribution in [0.3, 0.4) is 0 Å². The smallest absolute Gasteiger partial charge is 0.335 e. The molecule has 2 aliphatic rings. The number of hydrogen-bond acceptors (Lipinski definition) is 4. The number of hydrogen-bond donors (Lipinski definition) is 2. The Morgan fingerprint density at radius 2 is 2.20 bits per heavy atom. The molecule has 0 spiro atoms. The Morgan fingerprint density at radius 3 is 2.87 bits per heavy atom. The van der Waals surface area contributed by atoms with Crippen LogP contribution in [0.15, 0.2) is 42.1 Å². The minimum atomic E-state index is -0.862. The van der Waals surface area contributed by atoms with Crippen molar-refractivity contribution < 1.29 is 19.4 Å². The SMILES string of the molecule is COc1cc(C)c2[nH]ccc2c1CN1CCC(OC)CC1C1C=CC(C(=O)O)=CC1. The Morgan fingerprint density at radius 1 is 1.37 bits per heavy atom. The maximum absolute atomic E-state index is 11.3. The number of carbonyl (C=O) groups is 1. The maximum Gasteiger partial charge on any atom is 0.335 e. The molecule has 1 aliphatic carbocycles. The third-order valence-electron chi connectivity index (χ3n) is 6.61. The van der Waals surface area contributed by atoms with Crippen molar-refractivity contribution in [1.29, 1.82) is 0 Å². The molecule has 160 valence electrons. The van der Waals surface area contributed by atoms with Crippen LogP contribution in [-0.4, -0.2) is 53.9 Å². The average Bonchev–Trinajstić information content (AvgIpc) is 3.26. The van der Waals surface area contributed by atoms with Gasteiger partial charge in [0.2, 0.25) is 0 Å². The number of nitrogens with zero attached hydrogens (tertiary/aromatic N) is 1. The van der Waals surface area contributed by atoms with Crippen LogP contribution < -0.4 is 4.74 Å². The predicted octanol–water partition coefficient (Wildman–Crippen LogP) is 4.05. The third-order valence-corrected chi connectivity index (χ3v) is 6.61. The Labute approximate surface area is 177 Å². The summed E-state index contributed by atoms with van der Waals surface area (Å²) in [5, 5.41) is 10.5. The molecule has 3 atom stereocenters. The van der Waals surface area contributed by atoms with Crippen molar-refractivity contribution >= 4 is 16.9 Å². The summed E-state index contributed by atoms with van der Waals surface area (Å²) in [5.41, 5.74) is 3.90. The van der Waals surface area contributed by atoms with Crippen molar-refractivity contribution in [2.75, 3.05) is 20.8 Å². The van der Waals surface area contributed by atoms with Gasteiger partial charge in [0.1, 0.15) is 5.75 Å². The summed E-state index contributed by atoms with van der Waals surface area (Å²) in [4.78, 5) is 17.1. The zero-order valence-electron chi connectivity index (χ0n) is 17.9. The van der Waals surface area contributed by atoms with Crippen LogP contribution in [0.4, 0.5) is 0 Å². The number of nitrogens with one attached hydrogen (secondary N) is 1. The van der Waals surface area contributed by atoms with Crippen LogP contribution in [0.2, 0.25) is 0 Å². The summed E-state index contributed by atoms with van der Waals surface area (Å²) in [6.45, 7) is 3.82. The molecule has 0 saturated carbocycles. The predicted molar refractivity (Wildman–Crippen MR) is 117 cm³/mol. The second-order valence-electron chi connectivity index (χ2n) is 8.28. The molecule has 2 N–H and O–H groups in total. The maximum atomic E-state index is 11.3. The van der Waals surface area contributed by atoms with E-state index < -0.39 is 5.97 Å². The number of carboxylic acids is 1. The monoisotopic (exact) mass is 410 g/mol. The van der Waals surface area contributed by atoms with E-state index in [0.29, 0.717) is 5.57 Å². The lowest BCUT2D eigenvalue weighted by molar-refractivity contribution is -0.132. The number of fused-ring (bicyclic) bond motifs is 1. The van der Waals surface area contributed by atoms with E-state index in [4.69, 9.17) is 9.47 Å². The van der Waals surface area contributed by atoms with Gasteiger partial charge in [0, 0.05) is 48.9 Å². The molecule has 1 aliphatic heterocycles. The van der Waals surface area contributed by atoms with E-state index in [1.165, 1.54) is 16.5 Å². The standard InChI is InChI=1S/C24H30N2O4/c1-15-12-22(30-3)20(19-8-10-25-23(15)19)14-26-11-9-18(29-2)13-21(26)16-4-6-17(7-5-16)24(27)28/h4,6-8,10,12,16,18,21,25H,5,9,11,13-14H2,1-3H3,(H,27,28). The fourth-order valence-corrected chi connectivity index (χ4v) is 4.93. The fourth-order valence-electron chi connectivity index (χ4n) is 4.93. The number of H-pyrrole nitrogens is 1. The van der Waals surface area contributed by atoms with Gasteiger partial charge in [-0.1, -0.05) is 18.2 Å². The van der Waals surface area contributed by atoms with Crippen LogP contribution >= 0.6 is 0 Å². The Balaban J connectivity index is 1.63. The highest BCUT2D eigenvalue weighted by Gasteiger charge is 2.34. The second kappa shape index (κ2) is 8.66. The van der Waals surface area contributed by atoms with Gasteiger partial charge in [0.15, 0.2) is 0 Å². The number of benzene rings is 1. The van der Waals surface area contributed by atoms with E-state index in [0.717, 1.165) is 43.6 Å². The van der Waals surface area contributed by atoms with Crippen molar-refractivity contribution in [1.82, 2.24) is 9.88 Å². The molecule has 4 rings (SSSR count). The van der Waals surface area contributed by atoms with Crippen molar-refractivity contribution in [3.8, 4) is 5.75 Å². The summed E-state index contributed by atoms with van der Waals surface area (Å²) < 4.78 is 11.5. The molecular weight excluding hydrogens is 380 g/mol. The molecule has 30 heavy (non-hydrogen) atoms. The van der Waals surface area contributed by atoms with Gasteiger partial charge in [-0.25, -0.2) is 4.79 Å². The van der Waals surface area contributed by atoms with E-state index >= 15 is 0 Å². The van der Waals surface area contributed by atoms with E-state index in [1.807, 2.05) is 12.3 Å². The minimum absolute atomic E-state index is 0.233. The van der Waals surface area contributed by atoms with Crippen LogP contribution in [-0.2, 0) is 16.1 Å². The minimum Gasteiger partial charge on any atom is -0.496 e. The van der Waals surface area contributed by atoms with Crippen molar-refractivity contribution in [3.05, 3.63) is 53.3 Å². The Hall–Kier alpha value is -2.57. The zero-order valence-corrected chi connectivity index (χ0v) is 17.9. The first kappa shape index (κ1) is 20.7. The average molecular weight is 411 g/mol. The number of aromatic amines is 1. The molecule has 0 radical (unpaired) electrons. The first-order valence-corrected chi connectivity index (χ1v) is 10.5. The normalized spacial score (nSPS) is 24.8. The first-order chi connectivity index (χ1) is 14.5. The number of methoxy groups -OCH3 is 2. The van der Waals surface area contributed by atoms with Crippen molar-refractivity contribution in [2.24, 2.45) is 5.92 Å². The Kier molecular flexibility index (Phi) is 5.97. The van der Waals surface area contributed by atoms with Gasteiger partial charge in [0.25, 0.3) is 0 Å². The third kappa shape index (κ3) is 3.89. The van der Waals surface area contributed by atoms with Gasteiger partial charge in [-0.3, -0.25) is 4.90 Å². The van der Waals surface area contributed by atoms with Gasteiger partial charge < -0.3 is 19.6 Å². The molecule has 1 fully saturated rings. The quantitative estimate of drug-likeness (QED) is 0.751. The van der Waals surface area contributed by atoms with Crippen molar-refractivity contribution in [2.45, 2.75) is 44.9 Å². The number of likely N-dealkylation sites (tertiary alicyclic amines) is 1. The lowest BCUT2D eigenvalue weighted by Crippen LogP contribution is -2.48. The highest BCUT2D eigenvalue weighted by molar-refractivity contribution is 5.90. The molecule has 1 aromatic carbocycles. The van der Waals surface area contributed by atoms with Crippen LogP contribution in [0.1, 0.15) is 30.4 Å². The summed E-state index contributed by atoms with van der Waals surface area (Å²) >= 11 is 0. The van der Waals surface area contributed by atoms with E-state index in [-0.39, 0.29) is 18.1 Å². The summed E-state index contributed by atoms with van der Waals surface area (Å²) in [6.07, 6.45) is 10.5. The topological polar surface area (TPSA) is 74.8 Å². The van der Waals surface area contributed by atoms with Crippen LogP contribution in [0, 0.1) is 12.8 Å². The molecule has 6 nitrogen and oxygen atoms in total. The second-order valence-corrected chi connectivity index (χ2v) is 8.28. The highest BCUT2D eigenvalue weighted by atomic mass is 16.5. The number of aryl methyl sites for hydroxylation is 1. The summed E-state index contributed by atoms with van der Waals surface area (Å²) in [5.74, 6) is 0.322. The molecule has 1 aromatic heterocycles. The lowest BCUT2D eigenvalue weighted by atomic mass is 9.83. The largest absolute Gasteiger partial charge is 0.496 e. The van der Waals surface area contributed by atoms with Gasteiger partial charge in [-0.15, -0.1) is 0 Å². The number of rotatable bonds is 6. The molecule has 3 unspecified atom stereocenters. The van der Waals surface area contributed by atoms with Gasteiger partial charge in [-0.05, 0) is 49.8 Å². The summed E-state index contributed by atoms with van der Waals surface area (Å²) in [7, 11) is 3.51. The highest BCUT2D eigenvalue weighted by Crippen LogP contribution is 2.36. The molecule has 2 aromatic rings. The summed E-state index contributed by atoms with van der Waals surface area (Å²) in [6, 6.07) is 4.51. The lowest BCUT2D eigenvalue weighted by Gasteiger charge is -2.43. The molecule has 6 heteroatoms. The molecule has 2 heterocycles. The number of allylic oxidation sites excluding steroid dienone is 1. The Bertz CT molecular complexity index is 990. The molecule has 1 saturated heterocycles. The number of piperidine rings is 1. The molecule has 0 amide bonds. The van der Waals surface area contributed by atoms with Crippen molar-refractivity contribution in [3.63, 3.8) is 0 Å². The number of aromatic nitrogens is 1. The number of carboxylic acid groups (broad SMARTS) is 1. The van der Waals surface area contributed by atoms with Gasteiger partial charge >= 0.3 is 5.97 Å². The molecular formula is C24H30N2O4. The number of aliphatic carboxylic acids is 1. The fraction of sp³-hybridized carbons (Fsp3) is 0.458. The number of ether oxygens (including phenoxy) is 2. The van der Waals surface area contributed by atoms with Gasteiger partial charge in [0.05, 0.1) is 18.8 Å². The van der Waals surface area contributed by atoms with E-state index in [1.54, 1.807) is 20.3 Å². The van der Waals surface area contributed by atoms with Gasteiger partial charge in [-0.2, -0.15) is 0 Å². The molecule has 0 bridgehead atoms. The van der Waals surface area contributed by atoms with Crippen LogP contribution in [0.5, 0.6) is 5.75 Å². The zero-order chi connectivity index (χ0) is 21.3. The van der Waals surface area contributed by atoms with Crippen LogP contribution in [0.25, 0.3) is 10.9 Å².